The van der Waals surface area contributed by atoms with Crippen LogP contribution in [0.4, 0.5) is 0 Å². The maximum atomic E-state index is 12.8. The lowest BCUT2D eigenvalue weighted by atomic mass is 10.0. The molecule has 4 N–H and O–H groups in total. The molecule has 508 valence electrons. The van der Waals surface area contributed by atoms with Crippen LogP contribution < -0.4 is 0 Å². The predicted octanol–water partition coefficient (Wildman–Crippen LogP) is 19.0. The maximum absolute atomic E-state index is 12.8. The lowest BCUT2D eigenvalue weighted by Crippen LogP contribution is -2.30. The highest BCUT2D eigenvalue weighted by atomic mass is 31.2. The predicted molar refractivity (Wildman–Crippen MR) is 353 cm³/mol. The monoisotopic (exact) mass is 1270 g/mol. The minimum Gasteiger partial charge on any atom is -0.463 e. The molecule has 0 aliphatic heterocycles. The van der Waals surface area contributed by atoms with Crippen LogP contribution in [0.3, 0.4) is 0 Å². The third-order valence-corrected chi connectivity index (χ3v) is 16.6. The smallest absolute Gasteiger partial charge is 0.463 e. The highest BCUT2D eigenvalue weighted by Gasteiger charge is 2.29. The highest BCUT2D eigenvalue weighted by Crippen LogP contribution is 2.45. The summed E-state index contributed by atoms with van der Waals surface area (Å²) < 4.78 is 60.8. The molecule has 0 heterocycles. The Balaban J connectivity index is 4.41. The Labute approximate surface area is 529 Å². The zero-order valence-corrected chi connectivity index (χ0v) is 56.7. The van der Waals surface area contributed by atoms with Gasteiger partial charge in [-0.1, -0.05) is 255 Å². The summed E-state index contributed by atoms with van der Waals surface area (Å²) in [6.07, 6.45) is 64.3. The molecule has 0 aliphatic carbocycles. The van der Waals surface area contributed by atoms with Crippen LogP contribution in [0, 0.1) is 0 Å². The van der Waals surface area contributed by atoms with Crippen LogP contribution in [0.15, 0.2) is 60.8 Å². The molecule has 0 fully saturated rings. The van der Waals surface area contributed by atoms with Crippen LogP contribution in [0.5, 0.6) is 0 Å². The molecule has 0 saturated carbocycles. The van der Waals surface area contributed by atoms with Crippen molar-refractivity contribution in [3.05, 3.63) is 60.8 Å². The lowest BCUT2D eigenvalue weighted by molar-refractivity contribution is -0.161. The van der Waals surface area contributed by atoms with Crippen molar-refractivity contribution < 1.29 is 75.8 Å². The summed E-state index contributed by atoms with van der Waals surface area (Å²) in [7, 11) is -9.75. The number of carbonyl (C=O) groups excluding carboxylic acids is 3. The molecule has 0 bridgehead atoms. The Morgan fingerprint density at radius 2 is 0.575 bits per heavy atom. The average molecular weight is 1270 g/mol. The lowest BCUT2D eigenvalue weighted by Gasteiger charge is -2.21. The highest BCUT2D eigenvalue weighted by molar-refractivity contribution is 7.47. The number of hydrogen-bond acceptors (Lipinski definition) is 14. The van der Waals surface area contributed by atoms with E-state index in [1.165, 1.54) is 135 Å². The van der Waals surface area contributed by atoms with Crippen molar-refractivity contribution in [3.8, 4) is 0 Å². The van der Waals surface area contributed by atoms with E-state index in [1.54, 1.807) is 0 Å². The van der Waals surface area contributed by atoms with Crippen LogP contribution in [-0.2, 0) is 55.8 Å². The first-order valence-electron chi connectivity index (χ1n) is 34.6. The van der Waals surface area contributed by atoms with Gasteiger partial charge in [-0.05, 0) is 89.9 Å². The van der Waals surface area contributed by atoms with Crippen molar-refractivity contribution in [1.29, 1.82) is 0 Å². The Morgan fingerprint density at radius 1 is 0.322 bits per heavy atom. The Bertz CT molecular complexity index is 1840. The molecule has 0 spiro atoms. The van der Waals surface area contributed by atoms with Gasteiger partial charge in [0.2, 0.25) is 0 Å². The van der Waals surface area contributed by atoms with Crippen molar-refractivity contribution in [2.75, 3.05) is 39.6 Å². The third kappa shape index (κ3) is 64.6. The van der Waals surface area contributed by atoms with Gasteiger partial charge in [-0.2, -0.15) is 0 Å². The van der Waals surface area contributed by atoms with Crippen LogP contribution >= 0.6 is 15.6 Å². The molecule has 0 saturated heterocycles. The first-order valence-corrected chi connectivity index (χ1v) is 37.6. The molecule has 0 aliphatic rings. The van der Waals surface area contributed by atoms with Crippen molar-refractivity contribution in [1.82, 2.24) is 0 Å². The van der Waals surface area contributed by atoms with E-state index in [0.29, 0.717) is 19.3 Å². The molecule has 0 aromatic rings. The average Bonchev–Trinajstić information content (AvgIpc) is 3.53. The molecule has 5 unspecified atom stereocenters. The normalized spacial score (nSPS) is 14.6. The zero-order valence-electron chi connectivity index (χ0n) is 54.9. The molecule has 0 aromatic heterocycles. The van der Waals surface area contributed by atoms with Crippen LogP contribution in [0.25, 0.3) is 0 Å². The van der Waals surface area contributed by atoms with E-state index in [2.05, 4.69) is 81.5 Å². The second kappa shape index (κ2) is 63.4. The molecule has 87 heavy (non-hydrogen) atoms. The summed E-state index contributed by atoms with van der Waals surface area (Å²) in [4.78, 5) is 58.2. The molecule has 5 atom stereocenters. The molecule has 0 aromatic carbocycles. The number of allylic oxidation sites excluding steroid dienone is 10. The minimum absolute atomic E-state index is 0.109. The van der Waals surface area contributed by atoms with Crippen molar-refractivity contribution in [3.63, 3.8) is 0 Å². The van der Waals surface area contributed by atoms with E-state index in [4.69, 9.17) is 32.3 Å². The molecule has 0 rings (SSSR count). The number of phosphoric ester groups is 2. The number of aliphatic hydroxyl groups excluding tert-OH is 2. The molecular formula is C69H126O16P2. The number of esters is 3. The minimum atomic E-state index is -4.91. The zero-order chi connectivity index (χ0) is 63.8. The third-order valence-electron chi connectivity index (χ3n) is 14.7. The van der Waals surface area contributed by atoms with Gasteiger partial charge in [0.1, 0.15) is 25.4 Å². The first kappa shape index (κ1) is 84.2. The van der Waals surface area contributed by atoms with E-state index in [-0.39, 0.29) is 19.3 Å². The van der Waals surface area contributed by atoms with Gasteiger partial charge < -0.3 is 34.2 Å². The van der Waals surface area contributed by atoms with Crippen molar-refractivity contribution >= 4 is 33.6 Å². The quantitative estimate of drug-likeness (QED) is 0.0146. The number of aliphatic hydroxyl groups is 2. The Kier molecular flexibility index (Phi) is 61.4. The number of phosphoric acid groups is 2. The standard InChI is InChI=1S/C69H126O16P2/c1-4-7-10-13-16-19-22-24-25-26-27-28-29-30-31-32-33-34-35-36-37-39-42-43-46-49-52-55-67(72)79-58-64(70)59-81-86(75,76)82-60-65(71)61-83-87(77,78)84-63-66(85-69(74)57-54-51-48-45-40-21-18-15-12-9-6-3)62-80-68(73)56-53-50-47-44-41-38-23-20-17-14-11-8-5-2/h16,19-20,23-25,27-28,30-31,64-66,70-71H,4-15,17-18,21-22,26,29,32-63H2,1-3H3,(H,75,76)(H,77,78)/b19-16-,23-20-,25-24-,28-27-,31-30-. The van der Waals surface area contributed by atoms with Crippen LogP contribution in [-0.4, -0.2) is 95.9 Å². The first-order chi connectivity index (χ1) is 42.2. The van der Waals surface area contributed by atoms with Gasteiger partial charge in [-0.15, -0.1) is 0 Å². The molecule has 18 heteroatoms. The maximum Gasteiger partial charge on any atom is 0.472 e. The molecule has 16 nitrogen and oxygen atoms in total. The number of carbonyl (C=O) groups is 3. The largest absolute Gasteiger partial charge is 0.472 e. The number of unbranched alkanes of at least 4 members (excludes halogenated alkanes) is 33. The van der Waals surface area contributed by atoms with Gasteiger partial charge in [-0.3, -0.25) is 32.5 Å². The second-order valence-electron chi connectivity index (χ2n) is 23.3. The van der Waals surface area contributed by atoms with Crippen LogP contribution in [0.1, 0.15) is 303 Å². The van der Waals surface area contributed by atoms with Gasteiger partial charge in [0, 0.05) is 19.3 Å². The number of rotatable bonds is 66. The summed E-state index contributed by atoms with van der Waals surface area (Å²) in [6, 6.07) is 0. The summed E-state index contributed by atoms with van der Waals surface area (Å²) >= 11 is 0. The fourth-order valence-corrected chi connectivity index (χ4v) is 11.0. The van der Waals surface area contributed by atoms with Crippen molar-refractivity contribution in [2.45, 2.75) is 322 Å². The van der Waals surface area contributed by atoms with Crippen LogP contribution in [0.2, 0.25) is 0 Å². The Morgan fingerprint density at radius 3 is 0.954 bits per heavy atom. The summed E-state index contributed by atoms with van der Waals surface area (Å²) in [6.45, 7) is 2.63. The van der Waals surface area contributed by atoms with E-state index in [0.717, 1.165) is 109 Å². The molecule has 0 radical (unpaired) electrons. The van der Waals surface area contributed by atoms with E-state index in [1.807, 2.05) is 0 Å². The van der Waals surface area contributed by atoms with E-state index >= 15 is 0 Å². The summed E-state index contributed by atoms with van der Waals surface area (Å²) in [5.74, 6) is -1.57. The topological polar surface area (TPSA) is 231 Å². The fourth-order valence-electron chi connectivity index (χ4n) is 9.37. The van der Waals surface area contributed by atoms with Crippen molar-refractivity contribution in [2.24, 2.45) is 0 Å². The second-order valence-corrected chi connectivity index (χ2v) is 26.2. The number of hydrogen-bond donors (Lipinski definition) is 4. The van der Waals surface area contributed by atoms with Gasteiger partial charge in [0.25, 0.3) is 0 Å². The van der Waals surface area contributed by atoms with Gasteiger partial charge in [0.05, 0.1) is 26.4 Å². The summed E-state index contributed by atoms with van der Waals surface area (Å²) in [5, 5.41) is 20.5. The molecular weight excluding hydrogens is 1150 g/mol. The number of ether oxygens (including phenoxy) is 3. The molecule has 0 amide bonds. The van der Waals surface area contributed by atoms with E-state index < -0.39 is 91.5 Å². The SMILES string of the molecule is CCCCC/C=C\C/C=C\C/C=C\C/C=C\CCCCCCCCCCCCCC(=O)OCC(O)COP(=O)(O)OCC(O)COP(=O)(O)OCC(COC(=O)CCCCCCC/C=C\CCCCCC)OC(=O)CCCCCCCCCCCCC. The summed E-state index contributed by atoms with van der Waals surface area (Å²) in [5.41, 5.74) is 0. The van der Waals surface area contributed by atoms with Gasteiger partial charge >= 0.3 is 33.6 Å². The Hall–Kier alpha value is -2.75. The van der Waals surface area contributed by atoms with Gasteiger partial charge in [0.15, 0.2) is 6.10 Å². The van der Waals surface area contributed by atoms with Gasteiger partial charge in [-0.25, -0.2) is 9.13 Å². The van der Waals surface area contributed by atoms with E-state index in [9.17, 15) is 43.5 Å². The fraction of sp³-hybridized carbons (Fsp3) is 0.812.